The monoisotopic (exact) mass is 589 g/mol. The summed E-state index contributed by atoms with van der Waals surface area (Å²) in [5.74, 6) is -0.204. The molecule has 0 saturated heterocycles. The molecule has 0 radical (unpaired) electrons. The van der Waals surface area contributed by atoms with E-state index in [1.807, 2.05) is 0 Å². The standard InChI is InChI=1S/C38H32OP2/c1-5-19-35(20-6-1)40(36-21-7-2-8-22-36)29-31-15-13-17-33(27-31)39-34-18-14-16-32(28-34)30-41(37-23-9-3-10-24-37)38-25-11-4-12-26-38/h1-28H,29-30H2/i1D,2D,3D,4D,5D,6D,7D,8D,9D,10D,11D,12D,19D,20D,21D,22D,23D,24D,25D,29D2,30D2. The fourth-order valence-electron chi connectivity index (χ4n) is 3.57. The highest BCUT2D eigenvalue weighted by Gasteiger charge is 2.16. The lowest BCUT2D eigenvalue weighted by molar-refractivity contribution is 0.482. The van der Waals surface area contributed by atoms with Gasteiger partial charge in [0.15, 0.2) is 0 Å². The average molecular weight is 590 g/mol. The summed E-state index contributed by atoms with van der Waals surface area (Å²) in [6.07, 6.45) is -5.60. The van der Waals surface area contributed by atoms with E-state index in [4.69, 9.17) is 30.8 Å². The van der Waals surface area contributed by atoms with Crippen LogP contribution in [0.1, 0.15) is 42.7 Å². The van der Waals surface area contributed by atoms with Crippen LogP contribution in [0, 0.1) is 0 Å². The third-order valence-electron chi connectivity index (χ3n) is 5.29. The van der Waals surface area contributed by atoms with Crippen molar-refractivity contribution in [2.75, 3.05) is 0 Å². The Morgan fingerprint density at radius 1 is 0.463 bits per heavy atom. The normalized spacial score (nSPS) is 20.4. The van der Waals surface area contributed by atoms with Crippen molar-refractivity contribution in [1.29, 1.82) is 0 Å². The summed E-state index contributed by atoms with van der Waals surface area (Å²) in [4.78, 5) is 0. The molecule has 0 bridgehead atoms. The number of rotatable bonds is 10. The molecule has 1 nitrogen and oxygen atoms in total. The van der Waals surface area contributed by atoms with Gasteiger partial charge in [0.2, 0.25) is 0 Å². The number of benzene rings is 6. The second-order valence-corrected chi connectivity index (χ2v) is 11.6. The maximum Gasteiger partial charge on any atom is 0.127 e. The molecule has 1 atom stereocenters. The van der Waals surface area contributed by atoms with Crippen LogP contribution < -0.4 is 26.0 Å². The van der Waals surface area contributed by atoms with Gasteiger partial charge in [-0.1, -0.05) is 145 Å². The topological polar surface area (TPSA) is 9.23 Å². The third-order valence-corrected chi connectivity index (χ3v) is 8.99. The van der Waals surface area contributed by atoms with E-state index in [0.717, 1.165) is 6.07 Å². The van der Waals surface area contributed by atoms with E-state index in [-0.39, 0.29) is 27.9 Å². The van der Waals surface area contributed by atoms with Gasteiger partial charge in [0.25, 0.3) is 0 Å². The van der Waals surface area contributed by atoms with Crippen molar-refractivity contribution in [3.05, 3.63) is 181 Å². The molecule has 200 valence electrons. The molecule has 0 saturated carbocycles. The SMILES string of the molecule is [2H]c1cc(P(c2c([2H])c([2H])c([2H])c([2H])c2[2H])C([2H])([2H])c2cccc(Oc3cccc(C([2H])([2H])P(c4c([2H])c([2H])c([2H])c([2H])c4[2H])c4c([2H])c([2H])c([2H])c([2H])c4[2H])c3)c2)c([2H])c([2H])c1[2H]. The lowest BCUT2D eigenvalue weighted by atomic mass is 10.2. The van der Waals surface area contributed by atoms with Gasteiger partial charge in [-0.3, -0.25) is 0 Å². The van der Waals surface area contributed by atoms with Crippen molar-refractivity contribution >= 4 is 37.1 Å². The minimum atomic E-state index is -3.10. The minimum Gasteiger partial charge on any atom is -0.457 e. The Morgan fingerprint density at radius 3 is 1.32 bits per heavy atom. The van der Waals surface area contributed by atoms with E-state index < -0.39 is 159 Å². The molecule has 0 heterocycles. The van der Waals surface area contributed by atoms with Crippen molar-refractivity contribution in [3.8, 4) is 11.5 Å². The van der Waals surface area contributed by atoms with Gasteiger partial charge in [0, 0.05) is 17.7 Å². The smallest absolute Gasteiger partial charge is 0.127 e. The van der Waals surface area contributed by atoms with Crippen molar-refractivity contribution in [2.24, 2.45) is 0 Å². The van der Waals surface area contributed by atoms with E-state index >= 15 is 0 Å². The fraction of sp³-hybridized carbons (Fsp3) is 0.0526. The van der Waals surface area contributed by atoms with E-state index in [9.17, 15) is 5.48 Å². The molecule has 1 unspecified atom stereocenters. The molecule has 0 fully saturated rings. The summed E-state index contributed by atoms with van der Waals surface area (Å²) in [6, 6.07) is -3.54. The van der Waals surface area contributed by atoms with Crippen LogP contribution in [0.2, 0.25) is 0 Å². The van der Waals surface area contributed by atoms with Gasteiger partial charge in [0.1, 0.15) is 11.5 Å². The molecule has 3 heteroatoms. The predicted octanol–water partition coefficient (Wildman–Crippen LogP) is 8.74. The highest BCUT2D eigenvalue weighted by molar-refractivity contribution is 7.72. The first-order chi connectivity index (χ1) is 29.7. The molecule has 6 aromatic carbocycles. The van der Waals surface area contributed by atoms with Crippen LogP contribution in [0.25, 0.3) is 0 Å². The Morgan fingerprint density at radius 2 is 0.854 bits per heavy atom. The molecule has 6 rings (SSSR count). The highest BCUT2D eigenvalue weighted by atomic mass is 31.1. The van der Waals surface area contributed by atoms with Crippen LogP contribution in [0.15, 0.2) is 169 Å². The van der Waals surface area contributed by atoms with Crippen LogP contribution in [-0.2, 0) is 12.2 Å². The lowest BCUT2D eigenvalue weighted by Crippen LogP contribution is -2.13. The summed E-state index contributed by atoms with van der Waals surface area (Å²) < 4.78 is 204. The molecule has 0 aromatic heterocycles. The van der Waals surface area contributed by atoms with Crippen molar-refractivity contribution in [3.63, 3.8) is 0 Å². The van der Waals surface area contributed by atoms with Gasteiger partial charge in [-0.25, -0.2) is 0 Å². The number of hydrogen-bond acceptors (Lipinski definition) is 1. The minimum absolute atomic E-state index is 0.0939. The van der Waals surface area contributed by atoms with Gasteiger partial charge in [-0.05, 0) is 72.5 Å². The van der Waals surface area contributed by atoms with Gasteiger partial charge < -0.3 is 4.74 Å². The first kappa shape index (κ1) is 11.3. The Bertz CT molecular complexity index is 2750. The Balaban J connectivity index is 1.51. The summed E-state index contributed by atoms with van der Waals surface area (Å²) in [6.45, 7) is 0. The molecule has 0 aliphatic rings. The van der Waals surface area contributed by atoms with Gasteiger partial charge in [0.05, 0.1) is 26.0 Å². The summed E-state index contributed by atoms with van der Waals surface area (Å²) in [7, 11) is -6.01. The van der Waals surface area contributed by atoms with Crippen molar-refractivity contribution in [1.82, 2.24) is 0 Å². The van der Waals surface area contributed by atoms with Crippen LogP contribution in [0.5, 0.6) is 11.5 Å². The second kappa shape index (κ2) is 13.6. The maximum atomic E-state index is 9.51. The van der Waals surface area contributed by atoms with E-state index in [0.29, 0.717) is 0 Å². The van der Waals surface area contributed by atoms with Gasteiger partial charge >= 0.3 is 0 Å². The quantitative estimate of drug-likeness (QED) is 0.145. The zero-order chi connectivity index (χ0) is 47.8. The fourth-order valence-corrected chi connectivity index (χ4v) is 6.65. The average Bonchev–Trinajstić information content (AvgIpc) is 3.26. The molecular weight excluding hydrogens is 534 g/mol. The van der Waals surface area contributed by atoms with Crippen LogP contribution in [0.3, 0.4) is 0 Å². The zero-order valence-corrected chi connectivity index (χ0v) is 22.8. The first-order valence-corrected chi connectivity index (χ1v) is 14.7. The second-order valence-electron chi connectivity index (χ2n) is 8.02. The van der Waals surface area contributed by atoms with E-state index in [1.54, 1.807) is 0 Å². The Kier molecular flexibility index (Phi) is 3.75. The molecule has 41 heavy (non-hydrogen) atoms. The largest absolute Gasteiger partial charge is 0.457 e. The summed E-state index contributed by atoms with van der Waals surface area (Å²) in [5, 5.41) is -2.11. The van der Waals surface area contributed by atoms with Gasteiger partial charge in [-0.15, -0.1) is 0 Å². The molecule has 0 spiro atoms. The molecule has 6 aromatic rings. The zero-order valence-electron chi connectivity index (χ0n) is 44.0. The molecular formula is C38H32OP2. The molecule has 0 amide bonds. The first-order valence-electron chi connectivity index (χ1n) is 23.5. The lowest BCUT2D eigenvalue weighted by Gasteiger charge is -2.20. The molecule has 0 N–H and O–H groups in total. The third kappa shape index (κ3) is 7.20. The Hall–Kier alpha value is -4.02. The van der Waals surface area contributed by atoms with Gasteiger partial charge in [-0.2, -0.15) is 0 Å². The van der Waals surface area contributed by atoms with Crippen LogP contribution >= 0.6 is 15.8 Å². The number of ether oxygens (including phenoxy) is 1. The predicted molar refractivity (Wildman–Crippen MR) is 179 cm³/mol. The van der Waals surface area contributed by atoms with Crippen molar-refractivity contribution in [2.45, 2.75) is 12.2 Å². The summed E-state index contributed by atoms with van der Waals surface area (Å²) >= 11 is 0. The highest BCUT2D eigenvalue weighted by Crippen LogP contribution is 2.40. The van der Waals surface area contributed by atoms with Crippen LogP contribution in [0.4, 0.5) is 0 Å². The van der Waals surface area contributed by atoms with Crippen molar-refractivity contribution < 1.29 is 36.3 Å². The maximum absolute atomic E-state index is 9.51. The van der Waals surface area contributed by atoms with Crippen LogP contribution in [-0.4, -0.2) is 0 Å². The Labute approximate surface area is 278 Å². The van der Waals surface area contributed by atoms with E-state index in [1.165, 1.54) is 48.5 Å². The molecule has 0 aliphatic carbocycles. The molecule has 0 aliphatic heterocycles. The van der Waals surface area contributed by atoms with E-state index in [2.05, 4.69) is 0 Å². The number of hydrogen-bond donors (Lipinski definition) is 0. The summed E-state index contributed by atoms with van der Waals surface area (Å²) in [5.41, 5.74) is -0.489.